The van der Waals surface area contributed by atoms with Crippen LogP contribution in [-0.4, -0.2) is 75.0 Å². The molecule has 2 saturated heterocycles. The van der Waals surface area contributed by atoms with Crippen LogP contribution < -0.4 is 5.32 Å². The summed E-state index contributed by atoms with van der Waals surface area (Å²) in [4.78, 5) is 42.6. The van der Waals surface area contributed by atoms with Gasteiger partial charge in [0.25, 0.3) is 5.91 Å². The van der Waals surface area contributed by atoms with Crippen molar-refractivity contribution in [1.29, 1.82) is 0 Å². The van der Waals surface area contributed by atoms with Crippen LogP contribution >= 0.6 is 11.6 Å². The predicted octanol–water partition coefficient (Wildman–Crippen LogP) is 6.14. The van der Waals surface area contributed by atoms with Crippen LogP contribution in [0.4, 0.5) is 14.5 Å². The van der Waals surface area contributed by atoms with Crippen molar-refractivity contribution >= 4 is 45.9 Å². The third kappa shape index (κ3) is 6.17. The summed E-state index contributed by atoms with van der Waals surface area (Å²) in [5.41, 5.74) is 1.35. The fourth-order valence-electron chi connectivity index (χ4n) is 7.29. The number of aliphatic carboxylic acids is 1. The largest absolute Gasteiger partial charge is 0.481 e. The van der Waals surface area contributed by atoms with Gasteiger partial charge in [0.2, 0.25) is 5.85 Å². The number of carboxylic acid groups (broad SMARTS) is 1. The summed E-state index contributed by atoms with van der Waals surface area (Å²) in [5.74, 6) is -4.78. The molecule has 46 heavy (non-hydrogen) atoms. The first-order valence-corrected chi connectivity index (χ1v) is 16.4. The van der Waals surface area contributed by atoms with Crippen LogP contribution in [0.5, 0.6) is 0 Å². The number of alkyl halides is 1. The maximum absolute atomic E-state index is 15.7. The van der Waals surface area contributed by atoms with Crippen molar-refractivity contribution in [3.8, 4) is 0 Å². The molecular weight excluding hydrogens is 618 g/mol. The van der Waals surface area contributed by atoms with Gasteiger partial charge in [-0.1, -0.05) is 29.8 Å². The number of hydrogen-bond donors (Lipinski definition) is 2. The van der Waals surface area contributed by atoms with E-state index in [0.717, 1.165) is 29.8 Å². The third-order valence-electron chi connectivity index (χ3n) is 9.70. The zero-order chi connectivity index (χ0) is 32.6. The van der Waals surface area contributed by atoms with Crippen molar-refractivity contribution in [2.45, 2.75) is 76.0 Å². The number of aryl methyl sites for hydroxylation is 1. The van der Waals surface area contributed by atoms with Crippen LogP contribution in [0.2, 0.25) is 5.02 Å². The highest BCUT2D eigenvalue weighted by molar-refractivity contribution is 6.34. The lowest BCUT2D eigenvalue weighted by Gasteiger charge is -2.49. The number of carboxylic acids is 1. The van der Waals surface area contributed by atoms with Crippen LogP contribution in [0.15, 0.2) is 42.6 Å². The Morgan fingerprint density at radius 2 is 1.76 bits per heavy atom. The fraction of sp³-hybridized carbons (Fsp3) is 0.500. The number of ketones is 1. The van der Waals surface area contributed by atoms with E-state index in [2.05, 4.69) is 5.32 Å². The topological polar surface area (TPSA) is 104 Å². The van der Waals surface area contributed by atoms with Crippen molar-refractivity contribution in [3.63, 3.8) is 0 Å². The van der Waals surface area contributed by atoms with E-state index in [1.54, 1.807) is 6.20 Å². The highest BCUT2D eigenvalue weighted by Crippen LogP contribution is 2.40. The van der Waals surface area contributed by atoms with Crippen molar-refractivity contribution in [2.75, 3.05) is 25.0 Å². The van der Waals surface area contributed by atoms with E-state index in [0.29, 0.717) is 57.3 Å². The normalized spacial score (nSPS) is 23.9. The minimum atomic E-state index is -1.76. The molecule has 1 saturated carbocycles. The molecule has 0 radical (unpaired) electrons. The van der Waals surface area contributed by atoms with Gasteiger partial charge in [0.1, 0.15) is 5.82 Å². The lowest BCUT2D eigenvalue weighted by atomic mass is 9.87. The number of para-hydroxylation sites is 1. The van der Waals surface area contributed by atoms with E-state index in [1.807, 2.05) is 40.8 Å². The second-order valence-corrected chi connectivity index (χ2v) is 13.1. The Labute approximate surface area is 271 Å². The lowest BCUT2D eigenvalue weighted by molar-refractivity contribution is -0.267. The Balaban J connectivity index is 1.27. The standard InChI is InChI=1S/C34H39ClF2N4O5/c1-39-20-25(24-7-2-3-8-29(24)39)32(43)38-28-19-27(36)22(17-26(28)35)18-30(42)34(40-14-4-5-15-40,41-16-6-9-31(41)37)46-23-12-10-21(11-13-23)33(44)45/h2-3,7-8,17,19-21,23,31H,4-6,9-16,18H2,1H3,(H,38,43)(H,44,45). The Kier molecular flexibility index (Phi) is 9.48. The van der Waals surface area contributed by atoms with Gasteiger partial charge in [0.05, 0.1) is 28.3 Å². The highest BCUT2D eigenvalue weighted by atomic mass is 35.5. The number of likely N-dealkylation sites (tertiary alicyclic amines) is 2. The number of nitrogens with one attached hydrogen (secondary N) is 1. The van der Waals surface area contributed by atoms with Gasteiger partial charge in [-0.2, -0.15) is 0 Å². The number of Topliss-reactive ketones (excluding diaryl/α,β-unsaturated/α-hetero) is 1. The summed E-state index contributed by atoms with van der Waals surface area (Å²) in [7, 11) is 1.83. The van der Waals surface area contributed by atoms with Gasteiger partial charge >= 0.3 is 5.97 Å². The van der Waals surface area contributed by atoms with Crippen LogP contribution in [0.3, 0.4) is 0 Å². The molecule has 0 bridgehead atoms. The molecule has 2 N–H and O–H groups in total. The van der Waals surface area contributed by atoms with E-state index in [9.17, 15) is 19.5 Å². The Morgan fingerprint density at radius 3 is 2.43 bits per heavy atom. The number of fused-ring (bicyclic) bond motifs is 1. The van der Waals surface area contributed by atoms with Gasteiger partial charge in [-0.15, -0.1) is 0 Å². The number of carbonyl (C=O) groups is 3. The van der Waals surface area contributed by atoms with E-state index in [4.69, 9.17) is 16.3 Å². The molecule has 6 rings (SSSR count). The Morgan fingerprint density at radius 1 is 1.04 bits per heavy atom. The van der Waals surface area contributed by atoms with Crippen molar-refractivity contribution < 1.29 is 33.0 Å². The van der Waals surface area contributed by atoms with Gasteiger partial charge in [0, 0.05) is 50.2 Å². The summed E-state index contributed by atoms with van der Waals surface area (Å²) in [6.07, 6.45) is 3.49. The molecule has 1 aromatic heterocycles. The predicted molar refractivity (Wildman–Crippen MR) is 170 cm³/mol. The molecule has 1 aliphatic carbocycles. The van der Waals surface area contributed by atoms with E-state index in [1.165, 1.54) is 11.0 Å². The molecular formula is C34H39ClF2N4O5. The summed E-state index contributed by atoms with van der Waals surface area (Å²) < 4.78 is 39.8. The molecule has 3 aromatic rings. The summed E-state index contributed by atoms with van der Waals surface area (Å²) >= 11 is 6.57. The number of benzene rings is 2. The second kappa shape index (κ2) is 13.4. The average molecular weight is 657 g/mol. The number of ether oxygens (including phenoxy) is 1. The summed E-state index contributed by atoms with van der Waals surface area (Å²) in [6, 6.07) is 9.87. The maximum Gasteiger partial charge on any atom is 0.306 e. The molecule has 9 nitrogen and oxygen atoms in total. The number of amides is 1. The number of nitrogens with zero attached hydrogens (tertiary/aromatic N) is 3. The van der Waals surface area contributed by atoms with Gasteiger partial charge in [-0.25, -0.2) is 13.7 Å². The van der Waals surface area contributed by atoms with E-state index >= 15 is 8.78 Å². The minimum Gasteiger partial charge on any atom is -0.481 e. The quantitative estimate of drug-likeness (QED) is 0.253. The number of anilines is 1. The molecule has 3 fully saturated rings. The van der Waals surface area contributed by atoms with Crippen molar-refractivity contribution in [2.24, 2.45) is 13.0 Å². The van der Waals surface area contributed by atoms with E-state index < -0.39 is 54.1 Å². The fourth-order valence-corrected chi connectivity index (χ4v) is 7.53. The first kappa shape index (κ1) is 32.6. The SMILES string of the molecule is Cn1cc(C(=O)Nc2cc(F)c(CC(=O)C(OC3CCC(C(=O)O)CC3)(N3CCCC3)N3CCCC3F)cc2Cl)c2ccccc21. The number of halogens is 3. The molecule has 2 aliphatic heterocycles. The lowest BCUT2D eigenvalue weighted by Crippen LogP contribution is -2.68. The second-order valence-electron chi connectivity index (χ2n) is 12.7. The monoisotopic (exact) mass is 656 g/mol. The van der Waals surface area contributed by atoms with E-state index in [-0.39, 0.29) is 22.7 Å². The van der Waals surface area contributed by atoms with Crippen molar-refractivity contribution in [1.82, 2.24) is 14.4 Å². The summed E-state index contributed by atoms with van der Waals surface area (Å²) in [5, 5.41) is 13.0. The molecule has 2 unspecified atom stereocenters. The Bertz CT molecular complexity index is 1630. The first-order valence-electron chi connectivity index (χ1n) is 16.0. The van der Waals surface area contributed by atoms with Crippen LogP contribution in [0, 0.1) is 11.7 Å². The van der Waals surface area contributed by atoms with Gasteiger partial charge in [0.15, 0.2) is 12.1 Å². The molecule has 2 atom stereocenters. The molecule has 3 aliphatic rings. The molecule has 2 aromatic carbocycles. The van der Waals surface area contributed by atoms with Crippen LogP contribution in [0.1, 0.15) is 67.3 Å². The number of carbonyl (C=O) groups excluding carboxylic acids is 2. The molecule has 246 valence electrons. The van der Waals surface area contributed by atoms with Crippen LogP contribution in [0.25, 0.3) is 10.9 Å². The number of rotatable bonds is 10. The maximum atomic E-state index is 15.7. The average Bonchev–Trinajstić information content (AvgIpc) is 3.80. The molecule has 12 heteroatoms. The number of hydrogen-bond acceptors (Lipinski definition) is 6. The molecule has 3 heterocycles. The smallest absolute Gasteiger partial charge is 0.306 e. The minimum absolute atomic E-state index is 0.00882. The third-order valence-corrected chi connectivity index (χ3v) is 10.0. The van der Waals surface area contributed by atoms with Crippen molar-refractivity contribution in [3.05, 3.63) is 64.6 Å². The Hall–Kier alpha value is -3.38. The van der Waals surface area contributed by atoms with Gasteiger partial charge in [-0.3, -0.25) is 19.3 Å². The molecule has 0 spiro atoms. The van der Waals surface area contributed by atoms with Crippen LogP contribution in [-0.2, 0) is 27.8 Å². The first-order chi connectivity index (χ1) is 22.1. The highest BCUT2D eigenvalue weighted by Gasteiger charge is 2.56. The van der Waals surface area contributed by atoms with Gasteiger partial charge < -0.3 is 19.7 Å². The zero-order valence-corrected chi connectivity index (χ0v) is 26.6. The zero-order valence-electron chi connectivity index (χ0n) is 25.8. The van der Waals surface area contributed by atoms with Gasteiger partial charge in [-0.05, 0) is 75.1 Å². The number of aromatic nitrogens is 1. The summed E-state index contributed by atoms with van der Waals surface area (Å²) in [6.45, 7) is 1.33. The molecule has 1 amide bonds.